The van der Waals surface area contributed by atoms with Gasteiger partial charge in [-0.05, 0) is 52.9 Å². The Labute approximate surface area is 116 Å². The van der Waals surface area contributed by atoms with Crippen LogP contribution < -0.4 is 10.6 Å². The van der Waals surface area contributed by atoms with E-state index in [1.165, 1.54) is 12.8 Å². The number of halogens is 1. The molecule has 5 heteroatoms. The van der Waals surface area contributed by atoms with Gasteiger partial charge in [0, 0.05) is 12.6 Å². The van der Waals surface area contributed by atoms with Gasteiger partial charge in [0.2, 0.25) is 0 Å². The highest BCUT2D eigenvalue weighted by atomic mass is 79.9. The molecule has 2 heterocycles. The number of hydrogen-bond acceptors (Lipinski definition) is 3. The number of amides is 1. The number of nitrogens with one attached hydrogen (secondary N) is 2. The zero-order valence-corrected chi connectivity index (χ0v) is 12.3. The summed E-state index contributed by atoms with van der Waals surface area (Å²) in [6.45, 7) is 6.12. The quantitative estimate of drug-likeness (QED) is 0.901. The van der Waals surface area contributed by atoms with Crippen LogP contribution in [0.4, 0.5) is 0 Å². The van der Waals surface area contributed by atoms with Crippen LogP contribution >= 0.6 is 15.9 Å². The molecule has 0 bridgehead atoms. The molecular weight excluding hydrogens is 296 g/mol. The van der Waals surface area contributed by atoms with Crippen molar-refractivity contribution in [3.8, 4) is 0 Å². The molecule has 1 aliphatic rings. The van der Waals surface area contributed by atoms with Gasteiger partial charge in [-0.1, -0.05) is 13.8 Å². The van der Waals surface area contributed by atoms with Crippen molar-refractivity contribution in [2.45, 2.75) is 32.7 Å². The average molecular weight is 315 g/mol. The van der Waals surface area contributed by atoms with Crippen LogP contribution in [-0.2, 0) is 0 Å². The van der Waals surface area contributed by atoms with Crippen LogP contribution in [0.15, 0.2) is 21.2 Å². The largest absolute Gasteiger partial charge is 0.444 e. The summed E-state index contributed by atoms with van der Waals surface area (Å²) in [6.07, 6.45) is 2.38. The minimum absolute atomic E-state index is 0.163. The van der Waals surface area contributed by atoms with E-state index in [9.17, 15) is 4.79 Å². The molecule has 2 N–H and O–H groups in total. The molecule has 1 saturated heterocycles. The summed E-state index contributed by atoms with van der Waals surface area (Å²) < 4.78 is 5.79. The molecule has 1 unspecified atom stereocenters. The summed E-state index contributed by atoms with van der Waals surface area (Å²) in [7, 11) is 0. The molecule has 0 aromatic carbocycles. The summed E-state index contributed by atoms with van der Waals surface area (Å²) in [5.74, 6) is 0.180. The number of carbonyl (C=O) groups is 1. The molecule has 1 amide bonds. The number of hydrogen-bond donors (Lipinski definition) is 2. The van der Waals surface area contributed by atoms with Crippen molar-refractivity contribution < 1.29 is 9.21 Å². The van der Waals surface area contributed by atoms with Crippen LogP contribution in [0, 0.1) is 5.41 Å². The predicted molar refractivity (Wildman–Crippen MR) is 73.5 cm³/mol. The van der Waals surface area contributed by atoms with Crippen LogP contribution in [0.2, 0.25) is 0 Å². The first-order valence-electron chi connectivity index (χ1n) is 6.26. The minimum atomic E-state index is -0.163. The third-order valence-electron chi connectivity index (χ3n) is 3.60. The third kappa shape index (κ3) is 3.14. The summed E-state index contributed by atoms with van der Waals surface area (Å²) >= 11 is 3.19. The van der Waals surface area contributed by atoms with E-state index in [0.29, 0.717) is 23.0 Å². The van der Waals surface area contributed by atoms with E-state index in [0.717, 1.165) is 6.54 Å². The highest BCUT2D eigenvalue weighted by Gasteiger charge is 2.32. The average Bonchev–Trinajstić information content (AvgIpc) is 2.73. The molecule has 18 heavy (non-hydrogen) atoms. The molecule has 4 nitrogen and oxygen atoms in total. The fourth-order valence-electron chi connectivity index (χ4n) is 2.34. The number of furan rings is 1. The predicted octanol–water partition coefficient (Wildman–Crippen LogP) is 2.55. The van der Waals surface area contributed by atoms with Crippen molar-refractivity contribution in [2.24, 2.45) is 5.41 Å². The molecule has 1 aliphatic heterocycles. The SMILES string of the molecule is CC1(C)CCCNC1CNC(=O)c1ccc(Br)o1. The highest BCUT2D eigenvalue weighted by molar-refractivity contribution is 9.10. The Bertz CT molecular complexity index is 428. The van der Waals surface area contributed by atoms with Crippen molar-refractivity contribution >= 4 is 21.8 Å². The van der Waals surface area contributed by atoms with Gasteiger partial charge in [-0.3, -0.25) is 4.79 Å². The normalized spacial score (nSPS) is 22.7. The van der Waals surface area contributed by atoms with Gasteiger partial charge in [0.1, 0.15) is 0 Å². The summed E-state index contributed by atoms with van der Waals surface area (Å²) in [6, 6.07) is 3.70. The highest BCUT2D eigenvalue weighted by Crippen LogP contribution is 2.29. The molecule has 0 radical (unpaired) electrons. The van der Waals surface area contributed by atoms with Gasteiger partial charge in [0.25, 0.3) is 5.91 Å². The molecule has 0 saturated carbocycles. The summed E-state index contributed by atoms with van der Waals surface area (Å²) in [4.78, 5) is 11.9. The van der Waals surface area contributed by atoms with Gasteiger partial charge < -0.3 is 15.1 Å². The topological polar surface area (TPSA) is 54.3 Å². The van der Waals surface area contributed by atoms with Crippen molar-refractivity contribution in [3.05, 3.63) is 22.6 Å². The molecule has 0 aliphatic carbocycles. The van der Waals surface area contributed by atoms with Crippen LogP contribution in [0.5, 0.6) is 0 Å². The second-order valence-electron chi connectivity index (χ2n) is 5.41. The molecule has 1 aromatic heterocycles. The maximum atomic E-state index is 11.9. The van der Waals surface area contributed by atoms with Gasteiger partial charge in [0.05, 0.1) is 0 Å². The fourth-order valence-corrected chi connectivity index (χ4v) is 2.64. The van der Waals surface area contributed by atoms with Crippen molar-refractivity contribution in [3.63, 3.8) is 0 Å². The number of rotatable bonds is 3. The van der Waals surface area contributed by atoms with Crippen LogP contribution in [-0.4, -0.2) is 25.0 Å². The van der Waals surface area contributed by atoms with Gasteiger partial charge in [-0.15, -0.1) is 0 Å². The van der Waals surface area contributed by atoms with Crippen LogP contribution in [0.25, 0.3) is 0 Å². The maximum absolute atomic E-state index is 11.9. The molecule has 1 atom stereocenters. The van der Waals surface area contributed by atoms with Crippen molar-refractivity contribution in [2.75, 3.05) is 13.1 Å². The molecule has 2 rings (SSSR count). The molecule has 100 valence electrons. The smallest absolute Gasteiger partial charge is 0.287 e. The summed E-state index contributed by atoms with van der Waals surface area (Å²) in [5.41, 5.74) is 0.218. The number of piperidine rings is 1. The lowest BCUT2D eigenvalue weighted by molar-refractivity contribution is 0.0900. The van der Waals surface area contributed by atoms with Gasteiger partial charge in [-0.25, -0.2) is 0 Å². The Balaban J connectivity index is 1.89. The van der Waals surface area contributed by atoms with E-state index in [2.05, 4.69) is 40.4 Å². The Morgan fingerprint density at radius 1 is 1.61 bits per heavy atom. The first kappa shape index (κ1) is 13.6. The monoisotopic (exact) mass is 314 g/mol. The maximum Gasteiger partial charge on any atom is 0.287 e. The fraction of sp³-hybridized carbons (Fsp3) is 0.615. The minimum Gasteiger partial charge on any atom is -0.444 e. The lowest BCUT2D eigenvalue weighted by Crippen LogP contribution is -2.52. The first-order chi connectivity index (χ1) is 8.49. The lowest BCUT2D eigenvalue weighted by Gasteiger charge is -2.39. The van der Waals surface area contributed by atoms with Gasteiger partial charge in [-0.2, -0.15) is 0 Å². The van der Waals surface area contributed by atoms with E-state index in [4.69, 9.17) is 4.42 Å². The second-order valence-corrected chi connectivity index (χ2v) is 6.19. The lowest BCUT2D eigenvalue weighted by atomic mass is 9.77. The van der Waals surface area contributed by atoms with Crippen LogP contribution in [0.1, 0.15) is 37.2 Å². The zero-order chi connectivity index (χ0) is 13.2. The first-order valence-corrected chi connectivity index (χ1v) is 7.05. The van der Waals surface area contributed by atoms with E-state index >= 15 is 0 Å². The van der Waals surface area contributed by atoms with Crippen molar-refractivity contribution in [1.29, 1.82) is 0 Å². The van der Waals surface area contributed by atoms with E-state index in [-0.39, 0.29) is 11.3 Å². The standard InChI is InChI=1S/C13H19BrN2O2/c1-13(2)6-3-7-15-10(13)8-16-12(17)9-4-5-11(14)18-9/h4-5,10,15H,3,6-8H2,1-2H3,(H,16,17). The molecule has 0 spiro atoms. The van der Waals surface area contributed by atoms with Crippen molar-refractivity contribution in [1.82, 2.24) is 10.6 Å². The molecule has 1 aromatic rings. The van der Waals surface area contributed by atoms with E-state index < -0.39 is 0 Å². The Morgan fingerprint density at radius 3 is 3.00 bits per heavy atom. The Hall–Kier alpha value is -0.810. The van der Waals surface area contributed by atoms with Crippen LogP contribution in [0.3, 0.4) is 0 Å². The third-order valence-corrected chi connectivity index (χ3v) is 4.02. The molecular formula is C13H19BrN2O2. The summed E-state index contributed by atoms with van der Waals surface area (Å²) in [5, 5.41) is 6.39. The zero-order valence-electron chi connectivity index (χ0n) is 10.8. The molecule has 1 fully saturated rings. The van der Waals surface area contributed by atoms with E-state index in [1.807, 2.05) is 0 Å². The van der Waals surface area contributed by atoms with Gasteiger partial charge >= 0.3 is 0 Å². The van der Waals surface area contributed by atoms with E-state index in [1.54, 1.807) is 12.1 Å². The Morgan fingerprint density at radius 2 is 2.39 bits per heavy atom. The Kier molecular flexibility index (Phi) is 4.12. The van der Waals surface area contributed by atoms with Gasteiger partial charge in [0.15, 0.2) is 10.4 Å². The second kappa shape index (κ2) is 5.45. The number of carbonyl (C=O) groups excluding carboxylic acids is 1.